The van der Waals surface area contributed by atoms with Gasteiger partial charge in [-0.3, -0.25) is 14.4 Å². The van der Waals surface area contributed by atoms with Crippen molar-refractivity contribution in [2.45, 2.75) is 51.1 Å². The standard InChI is InChI=1S/C20H25N3O3/c1-13-8-20(14-6-4-5-7-15(14)21-18(20)26)11-23(13)17(25)16-9-19(2,3)10-22(16)12-24/h4-7,12-13,16H,8-11H2,1-3H3,(H,21,26). The molecular weight excluding hydrogens is 330 g/mol. The summed E-state index contributed by atoms with van der Waals surface area (Å²) in [7, 11) is 0. The average molecular weight is 355 g/mol. The third-order valence-electron chi connectivity index (χ3n) is 6.20. The molecule has 3 amide bonds. The van der Waals surface area contributed by atoms with Crippen molar-refractivity contribution in [2.24, 2.45) is 5.41 Å². The Kier molecular flexibility index (Phi) is 3.65. The van der Waals surface area contributed by atoms with Crippen LogP contribution < -0.4 is 5.32 Å². The van der Waals surface area contributed by atoms with Crippen molar-refractivity contribution in [3.63, 3.8) is 0 Å². The predicted molar refractivity (Wildman–Crippen MR) is 97.5 cm³/mol. The highest BCUT2D eigenvalue weighted by atomic mass is 16.2. The fourth-order valence-electron chi connectivity index (χ4n) is 5.00. The highest BCUT2D eigenvalue weighted by Crippen LogP contribution is 2.47. The fourth-order valence-corrected chi connectivity index (χ4v) is 5.00. The van der Waals surface area contributed by atoms with Crippen LogP contribution in [0.1, 0.15) is 39.2 Å². The lowest BCUT2D eigenvalue weighted by atomic mass is 9.80. The summed E-state index contributed by atoms with van der Waals surface area (Å²) in [6, 6.07) is 7.25. The lowest BCUT2D eigenvalue weighted by Crippen LogP contribution is -2.48. The molecule has 138 valence electrons. The van der Waals surface area contributed by atoms with Gasteiger partial charge in [0.1, 0.15) is 6.04 Å². The van der Waals surface area contributed by atoms with Crippen LogP contribution in [0, 0.1) is 5.41 Å². The molecule has 3 unspecified atom stereocenters. The maximum absolute atomic E-state index is 13.3. The SMILES string of the molecule is CC1CC2(CN1C(=O)C1CC(C)(C)CN1C=O)C(=O)Nc1ccccc12. The van der Waals surface area contributed by atoms with Crippen LogP contribution in [-0.4, -0.2) is 53.2 Å². The van der Waals surface area contributed by atoms with Gasteiger partial charge in [0.05, 0.1) is 5.41 Å². The van der Waals surface area contributed by atoms with Gasteiger partial charge in [-0.05, 0) is 36.8 Å². The van der Waals surface area contributed by atoms with E-state index in [2.05, 4.69) is 19.2 Å². The Balaban J connectivity index is 1.63. The summed E-state index contributed by atoms with van der Waals surface area (Å²) < 4.78 is 0. The third-order valence-corrected chi connectivity index (χ3v) is 6.20. The summed E-state index contributed by atoms with van der Waals surface area (Å²) in [5.41, 5.74) is 1.08. The Morgan fingerprint density at radius 1 is 1.23 bits per heavy atom. The maximum Gasteiger partial charge on any atom is 0.245 e. The number of benzene rings is 1. The van der Waals surface area contributed by atoms with E-state index in [0.717, 1.165) is 17.7 Å². The van der Waals surface area contributed by atoms with E-state index in [1.54, 1.807) is 4.90 Å². The second kappa shape index (κ2) is 5.56. The maximum atomic E-state index is 13.3. The topological polar surface area (TPSA) is 69.7 Å². The molecule has 6 nitrogen and oxygen atoms in total. The summed E-state index contributed by atoms with van der Waals surface area (Å²) in [4.78, 5) is 41.0. The average Bonchev–Trinajstić information content (AvgIpc) is 3.20. The molecule has 3 aliphatic heterocycles. The lowest BCUT2D eigenvalue weighted by molar-refractivity contribution is -0.140. The van der Waals surface area contributed by atoms with Gasteiger partial charge in [-0.25, -0.2) is 0 Å². The second-order valence-electron chi connectivity index (χ2n) is 8.76. The first kappa shape index (κ1) is 17.1. The smallest absolute Gasteiger partial charge is 0.245 e. The Morgan fingerprint density at radius 3 is 2.69 bits per heavy atom. The largest absolute Gasteiger partial charge is 0.337 e. The van der Waals surface area contributed by atoms with Crippen molar-refractivity contribution in [1.29, 1.82) is 0 Å². The van der Waals surface area contributed by atoms with E-state index in [1.165, 1.54) is 0 Å². The van der Waals surface area contributed by atoms with Crippen molar-refractivity contribution < 1.29 is 14.4 Å². The van der Waals surface area contributed by atoms with Gasteiger partial charge in [-0.15, -0.1) is 0 Å². The van der Waals surface area contributed by atoms with E-state index in [9.17, 15) is 14.4 Å². The second-order valence-corrected chi connectivity index (χ2v) is 8.76. The molecule has 2 saturated heterocycles. The number of hydrogen-bond acceptors (Lipinski definition) is 3. The van der Waals surface area contributed by atoms with Gasteiger partial charge >= 0.3 is 0 Å². The number of rotatable bonds is 2. The highest BCUT2D eigenvalue weighted by molar-refractivity contribution is 6.07. The lowest BCUT2D eigenvalue weighted by Gasteiger charge is -2.29. The van der Waals surface area contributed by atoms with Crippen LogP contribution in [0.5, 0.6) is 0 Å². The van der Waals surface area contributed by atoms with Crippen LogP contribution in [0.4, 0.5) is 5.69 Å². The van der Waals surface area contributed by atoms with Crippen molar-refractivity contribution in [2.75, 3.05) is 18.4 Å². The minimum Gasteiger partial charge on any atom is -0.337 e. The van der Waals surface area contributed by atoms with E-state index in [4.69, 9.17) is 0 Å². The number of hydrogen-bond donors (Lipinski definition) is 1. The molecule has 0 aromatic heterocycles. The van der Waals surface area contributed by atoms with E-state index >= 15 is 0 Å². The zero-order valence-electron chi connectivity index (χ0n) is 15.5. The number of likely N-dealkylation sites (tertiary alicyclic amines) is 2. The summed E-state index contributed by atoms with van der Waals surface area (Å²) in [6.07, 6.45) is 2.05. The summed E-state index contributed by atoms with van der Waals surface area (Å²) >= 11 is 0. The summed E-state index contributed by atoms with van der Waals surface area (Å²) in [6.45, 7) is 7.11. The summed E-state index contributed by atoms with van der Waals surface area (Å²) in [5, 5.41) is 2.97. The summed E-state index contributed by atoms with van der Waals surface area (Å²) in [5.74, 6) is -0.0657. The number of nitrogens with one attached hydrogen (secondary N) is 1. The predicted octanol–water partition coefficient (Wildman–Crippen LogP) is 1.75. The third kappa shape index (κ3) is 2.35. The van der Waals surface area contributed by atoms with E-state index < -0.39 is 11.5 Å². The van der Waals surface area contributed by atoms with Crippen molar-refractivity contribution >= 4 is 23.9 Å². The zero-order chi connectivity index (χ0) is 18.7. The first-order chi connectivity index (χ1) is 12.3. The molecule has 0 aliphatic carbocycles. The number of fused-ring (bicyclic) bond motifs is 2. The van der Waals surface area contributed by atoms with Gasteiger partial charge in [-0.1, -0.05) is 32.0 Å². The molecule has 1 aromatic rings. The first-order valence-electron chi connectivity index (χ1n) is 9.20. The van der Waals surface area contributed by atoms with Crippen molar-refractivity contribution in [3.8, 4) is 0 Å². The van der Waals surface area contributed by atoms with Crippen LogP contribution in [0.3, 0.4) is 0 Å². The Labute approximate surface area is 153 Å². The van der Waals surface area contributed by atoms with Gasteiger partial charge in [0.15, 0.2) is 0 Å². The molecule has 0 radical (unpaired) electrons. The number of carbonyl (C=O) groups is 3. The van der Waals surface area contributed by atoms with Gasteiger partial charge in [-0.2, -0.15) is 0 Å². The molecule has 4 rings (SSSR count). The van der Waals surface area contributed by atoms with Crippen molar-refractivity contribution in [3.05, 3.63) is 29.8 Å². The van der Waals surface area contributed by atoms with Gasteiger partial charge < -0.3 is 15.1 Å². The molecule has 3 aliphatic rings. The molecule has 2 fully saturated rings. The fraction of sp³-hybridized carbons (Fsp3) is 0.550. The molecule has 1 N–H and O–H groups in total. The van der Waals surface area contributed by atoms with Crippen LogP contribution in [0.15, 0.2) is 24.3 Å². The molecular formula is C20H25N3O3. The van der Waals surface area contributed by atoms with Crippen molar-refractivity contribution in [1.82, 2.24) is 9.80 Å². The van der Waals surface area contributed by atoms with Crippen LogP contribution in [0.2, 0.25) is 0 Å². The molecule has 26 heavy (non-hydrogen) atoms. The van der Waals surface area contributed by atoms with Crippen LogP contribution >= 0.6 is 0 Å². The molecule has 0 bridgehead atoms. The Morgan fingerprint density at radius 2 is 1.96 bits per heavy atom. The van der Waals surface area contributed by atoms with E-state index in [0.29, 0.717) is 25.9 Å². The molecule has 6 heteroatoms. The minimum atomic E-state index is -0.675. The van der Waals surface area contributed by atoms with Crippen LogP contribution in [-0.2, 0) is 19.8 Å². The first-order valence-corrected chi connectivity index (χ1v) is 9.20. The highest BCUT2D eigenvalue weighted by Gasteiger charge is 2.56. The molecule has 1 spiro atoms. The molecule has 0 saturated carbocycles. The Hall–Kier alpha value is -2.37. The molecule has 3 heterocycles. The van der Waals surface area contributed by atoms with Gasteiger partial charge in [0.2, 0.25) is 18.2 Å². The number of para-hydroxylation sites is 1. The minimum absolute atomic E-state index is 0.0279. The van der Waals surface area contributed by atoms with E-state index in [-0.39, 0.29) is 23.3 Å². The number of anilines is 1. The number of amides is 3. The molecule has 1 aromatic carbocycles. The Bertz CT molecular complexity index is 790. The number of nitrogens with zero attached hydrogens (tertiary/aromatic N) is 2. The number of carbonyl (C=O) groups excluding carboxylic acids is 3. The monoisotopic (exact) mass is 355 g/mol. The normalized spacial score (nSPS) is 32.0. The quantitative estimate of drug-likeness (QED) is 0.822. The molecule has 3 atom stereocenters. The zero-order valence-corrected chi connectivity index (χ0v) is 15.5. The van der Waals surface area contributed by atoms with E-state index in [1.807, 2.05) is 36.1 Å². The van der Waals surface area contributed by atoms with Gasteiger partial charge in [0, 0.05) is 24.8 Å². The van der Waals surface area contributed by atoms with Crippen LogP contribution in [0.25, 0.3) is 0 Å². The van der Waals surface area contributed by atoms with Gasteiger partial charge in [0.25, 0.3) is 0 Å².